The number of ether oxygens (including phenoxy) is 2. The van der Waals surface area contributed by atoms with Gasteiger partial charge in [-0.2, -0.15) is 0 Å². The highest BCUT2D eigenvalue weighted by atomic mass is 16.5. The number of carbonyl (C=O) groups is 2. The highest BCUT2D eigenvalue weighted by Crippen LogP contribution is 2.45. The van der Waals surface area contributed by atoms with E-state index < -0.39 is 0 Å². The second-order valence-electron chi connectivity index (χ2n) is 6.37. The van der Waals surface area contributed by atoms with E-state index in [9.17, 15) is 9.59 Å². The first-order valence-corrected chi connectivity index (χ1v) is 8.00. The summed E-state index contributed by atoms with van der Waals surface area (Å²) in [5.74, 6) is -0.119. The van der Waals surface area contributed by atoms with E-state index >= 15 is 0 Å². The fourth-order valence-corrected chi connectivity index (χ4v) is 4.16. The molecule has 0 unspecified atom stereocenters. The van der Waals surface area contributed by atoms with Gasteiger partial charge in [-0.05, 0) is 17.7 Å². The van der Waals surface area contributed by atoms with Crippen LogP contribution in [0.2, 0.25) is 0 Å². The molecule has 122 valence electrons. The molecule has 6 nitrogen and oxygen atoms in total. The first-order chi connectivity index (χ1) is 11.1. The molecule has 1 spiro atoms. The number of amides is 1. The molecule has 3 aliphatic heterocycles. The zero-order valence-corrected chi connectivity index (χ0v) is 13.2. The predicted molar refractivity (Wildman–Crippen MR) is 81.6 cm³/mol. The van der Waals surface area contributed by atoms with Crippen LogP contribution in [0.1, 0.15) is 28.8 Å². The van der Waals surface area contributed by atoms with Crippen molar-refractivity contribution in [3.05, 3.63) is 35.4 Å². The van der Waals surface area contributed by atoms with Crippen LogP contribution in [0.5, 0.6) is 0 Å². The van der Waals surface area contributed by atoms with Crippen LogP contribution in [0.4, 0.5) is 0 Å². The van der Waals surface area contributed by atoms with Gasteiger partial charge >= 0.3 is 5.97 Å². The number of hydrogen-bond acceptors (Lipinski definition) is 5. The second-order valence-corrected chi connectivity index (χ2v) is 6.37. The summed E-state index contributed by atoms with van der Waals surface area (Å²) in [7, 11) is 1.38. The van der Waals surface area contributed by atoms with Crippen LogP contribution in [-0.4, -0.2) is 60.2 Å². The molecule has 0 radical (unpaired) electrons. The van der Waals surface area contributed by atoms with Crippen molar-refractivity contribution in [1.29, 1.82) is 0 Å². The molecule has 0 N–H and O–H groups in total. The Labute approximate surface area is 134 Å². The molecule has 0 saturated carbocycles. The molecule has 2 atom stereocenters. The van der Waals surface area contributed by atoms with E-state index in [4.69, 9.17) is 9.47 Å². The third kappa shape index (κ3) is 2.16. The number of rotatable bonds is 3. The van der Waals surface area contributed by atoms with E-state index in [0.717, 1.165) is 31.6 Å². The van der Waals surface area contributed by atoms with E-state index in [-0.39, 0.29) is 23.6 Å². The lowest BCUT2D eigenvalue weighted by atomic mass is 10.1. The minimum Gasteiger partial charge on any atom is -0.465 e. The standard InChI is InChI=1S/C17H20N2O4/c1-22-16(21)13-4-2-12(3-5-13)11-18-7-6-17-14(18)10-15(20)19(17)8-9-23-17/h2-5,14H,6-11H2,1H3/t14-,17+/m1/s1. The molecule has 6 heteroatoms. The Hall–Kier alpha value is -1.92. The smallest absolute Gasteiger partial charge is 0.337 e. The lowest BCUT2D eigenvalue weighted by Crippen LogP contribution is -2.47. The van der Waals surface area contributed by atoms with Gasteiger partial charge in [0.05, 0.1) is 25.3 Å². The van der Waals surface area contributed by atoms with Crippen molar-refractivity contribution in [3.63, 3.8) is 0 Å². The van der Waals surface area contributed by atoms with E-state index in [1.165, 1.54) is 7.11 Å². The maximum Gasteiger partial charge on any atom is 0.337 e. The van der Waals surface area contributed by atoms with E-state index in [1.54, 1.807) is 12.1 Å². The first-order valence-electron chi connectivity index (χ1n) is 8.00. The van der Waals surface area contributed by atoms with Crippen LogP contribution in [0.3, 0.4) is 0 Å². The Balaban J connectivity index is 1.50. The normalized spacial score (nSPS) is 29.7. The van der Waals surface area contributed by atoms with Crippen molar-refractivity contribution in [2.75, 3.05) is 26.8 Å². The number of nitrogens with zero attached hydrogens (tertiary/aromatic N) is 2. The van der Waals surface area contributed by atoms with Gasteiger partial charge < -0.3 is 14.4 Å². The van der Waals surface area contributed by atoms with E-state index in [1.807, 2.05) is 17.0 Å². The monoisotopic (exact) mass is 316 g/mol. The predicted octanol–water partition coefficient (Wildman–Crippen LogP) is 1.01. The summed E-state index contributed by atoms with van der Waals surface area (Å²) < 4.78 is 10.7. The van der Waals surface area contributed by atoms with Crippen molar-refractivity contribution in [3.8, 4) is 0 Å². The Kier molecular flexibility index (Phi) is 3.39. The Bertz CT molecular complexity index is 644. The largest absolute Gasteiger partial charge is 0.465 e. The molecule has 0 aromatic heterocycles. The van der Waals surface area contributed by atoms with Gasteiger partial charge in [-0.15, -0.1) is 0 Å². The van der Waals surface area contributed by atoms with Gasteiger partial charge in [-0.25, -0.2) is 4.79 Å². The summed E-state index contributed by atoms with van der Waals surface area (Å²) in [4.78, 5) is 27.9. The van der Waals surface area contributed by atoms with E-state index in [0.29, 0.717) is 18.6 Å². The topological polar surface area (TPSA) is 59.1 Å². The van der Waals surface area contributed by atoms with Gasteiger partial charge in [0.15, 0.2) is 5.72 Å². The fraction of sp³-hybridized carbons (Fsp3) is 0.529. The summed E-state index contributed by atoms with van der Waals surface area (Å²) in [6.07, 6.45) is 1.42. The molecule has 3 heterocycles. The fourth-order valence-electron chi connectivity index (χ4n) is 4.16. The van der Waals surface area contributed by atoms with Crippen molar-refractivity contribution in [2.24, 2.45) is 0 Å². The molecule has 1 aromatic rings. The molecule has 0 bridgehead atoms. The number of carbonyl (C=O) groups excluding carboxylic acids is 2. The summed E-state index contributed by atoms with van der Waals surface area (Å²) >= 11 is 0. The average molecular weight is 316 g/mol. The molecule has 4 rings (SSSR count). The Morgan fingerprint density at radius 1 is 1.35 bits per heavy atom. The molecule has 23 heavy (non-hydrogen) atoms. The molecular weight excluding hydrogens is 296 g/mol. The summed E-state index contributed by atoms with van der Waals surface area (Å²) in [6.45, 7) is 3.05. The average Bonchev–Trinajstić information content (AvgIpc) is 3.20. The van der Waals surface area contributed by atoms with Crippen LogP contribution < -0.4 is 0 Å². The molecule has 1 aromatic carbocycles. The Morgan fingerprint density at radius 3 is 2.87 bits per heavy atom. The number of methoxy groups -OCH3 is 1. The van der Waals surface area contributed by atoms with Crippen molar-refractivity contribution in [2.45, 2.75) is 31.2 Å². The summed E-state index contributed by atoms with van der Waals surface area (Å²) in [5.41, 5.74) is 1.29. The third-order valence-corrected chi connectivity index (χ3v) is 5.27. The van der Waals surface area contributed by atoms with Crippen LogP contribution in [0.25, 0.3) is 0 Å². The highest BCUT2D eigenvalue weighted by molar-refractivity contribution is 5.89. The van der Waals surface area contributed by atoms with Crippen LogP contribution >= 0.6 is 0 Å². The van der Waals surface area contributed by atoms with Crippen LogP contribution in [0, 0.1) is 0 Å². The first kappa shape index (κ1) is 14.7. The number of hydrogen-bond donors (Lipinski definition) is 0. The summed E-state index contributed by atoms with van der Waals surface area (Å²) in [6, 6.07) is 7.59. The lowest BCUT2D eigenvalue weighted by Gasteiger charge is -2.31. The molecule has 3 aliphatic rings. The van der Waals surface area contributed by atoms with Gasteiger partial charge in [-0.3, -0.25) is 9.69 Å². The van der Waals surface area contributed by atoms with Gasteiger partial charge in [0.25, 0.3) is 0 Å². The maximum atomic E-state index is 12.2. The Morgan fingerprint density at radius 2 is 2.13 bits per heavy atom. The lowest BCUT2D eigenvalue weighted by molar-refractivity contribution is -0.136. The van der Waals surface area contributed by atoms with Gasteiger partial charge in [0, 0.05) is 32.5 Å². The third-order valence-electron chi connectivity index (χ3n) is 5.27. The molecule has 0 aliphatic carbocycles. The quantitative estimate of drug-likeness (QED) is 0.779. The number of likely N-dealkylation sites (tertiary alicyclic amines) is 1. The van der Waals surface area contributed by atoms with Crippen LogP contribution in [0.15, 0.2) is 24.3 Å². The second kappa shape index (κ2) is 5.32. The van der Waals surface area contributed by atoms with Gasteiger partial charge in [-0.1, -0.05) is 12.1 Å². The van der Waals surface area contributed by atoms with Gasteiger partial charge in [0.2, 0.25) is 5.91 Å². The SMILES string of the molecule is COC(=O)c1ccc(CN2CC[C@@]34OCCN3C(=O)C[C@@H]24)cc1. The van der Waals surface area contributed by atoms with Crippen LogP contribution in [-0.2, 0) is 20.8 Å². The van der Waals surface area contributed by atoms with E-state index in [2.05, 4.69) is 4.90 Å². The molecule has 1 amide bonds. The zero-order chi connectivity index (χ0) is 16.0. The number of esters is 1. The molecule has 3 fully saturated rings. The van der Waals surface area contributed by atoms with Crippen molar-refractivity contribution >= 4 is 11.9 Å². The maximum absolute atomic E-state index is 12.2. The zero-order valence-electron chi connectivity index (χ0n) is 13.2. The number of benzene rings is 1. The molecule has 3 saturated heterocycles. The highest BCUT2D eigenvalue weighted by Gasteiger charge is 2.61. The van der Waals surface area contributed by atoms with Crippen molar-refractivity contribution in [1.82, 2.24) is 9.80 Å². The van der Waals surface area contributed by atoms with Gasteiger partial charge in [0.1, 0.15) is 0 Å². The molecular formula is C17H20N2O4. The van der Waals surface area contributed by atoms with Crippen molar-refractivity contribution < 1.29 is 19.1 Å². The minimum atomic E-state index is -0.386. The summed E-state index contributed by atoms with van der Waals surface area (Å²) in [5, 5.41) is 0. The minimum absolute atomic E-state index is 0.137.